The molecule has 2 aromatic carbocycles. The van der Waals surface area contributed by atoms with E-state index in [0.717, 1.165) is 5.56 Å². The van der Waals surface area contributed by atoms with E-state index in [0.29, 0.717) is 33.0 Å². The lowest BCUT2D eigenvalue weighted by Gasteiger charge is -2.27. The number of rotatable bonds is 8. The fraction of sp³-hybridized carbons (Fsp3) is 0.273. The normalized spacial score (nSPS) is 10.9. The number of hydrogen-bond donors (Lipinski definition) is 1. The highest BCUT2D eigenvalue weighted by Gasteiger charge is 2.20. The van der Waals surface area contributed by atoms with Crippen molar-refractivity contribution in [2.45, 2.75) is 31.6 Å². The summed E-state index contributed by atoms with van der Waals surface area (Å²) < 4.78 is 1.74. The quantitative estimate of drug-likeness (QED) is 0.453. The number of hydrogen-bond acceptors (Lipinski definition) is 5. The van der Waals surface area contributed by atoms with Gasteiger partial charge in [-0.2, -0.15) is 0 Å². The van der Waals surface area contributed by atoms with Gasteiger partial charge in [-0.05, 0) is 49.7 Å². The van der Waals surface area contributed by atoms with Gasteiger partial charge in [0.05, 0.1) is 15.8 Å². The minimum atomic E-state index is -0.195. The summed E-state index contributed by atoms with van der Waals surface area (Å²) in [5.41, 5.74) is 1.92. The number of thioether (sulfide) groups is 1. The average molecular weight is 492 g/mol. The minimum absolute atomic E-state index is 0.0435. The summed E-state index contributed by atoms with van der Waals surface area (Å²) in [7, 11) is 1.81. The fourth-order valence-electron chi connectivity index (χ4n) is 2.95. The molecule has 168 valence electrons. The standard InChI is InChI=1S/C22H23Cl2N5O2S/c1-14(2)29(11-15-7-8-18(23)19(24)9-15)21(31)16-5-4-6-17(10-16)26-20(30)12-32-22-27-25-13-28(22)3/h4-10,13-14H,11-12H2,1-3H3,(H,26,30). The first-order chi connectivity index (χ1) is 15.2. The maximum Gasteiger partial charge on any atom is 0.254 e. The molecule has 3 rings (SSSR count). The number of aromatic nitrogens is 3. The topological polar surface area (TPSA) is 80.1 Å². The zero-order valence-corrected chi connectivity index (χ0v) is 20.2. The number of carbonyl (C=O) groups is 2. The van der Waals surface area contributed by atoms with Crippen molar-refractivity contribution in [3.63, 3.8) is 0 Å². The third kappa shape index (κ3) is 6.25. The molecular formula is C22H23Cl2N5O2S. The first-order valence-corrected chi connectivity index (χ1v) is 11.6. The van der Waals surface area contributed by atoms with Crippen LogP contribution >= 0.6 is 35.0 Å². The van der Waals surface area contributed by atoms with Gasteiger partial charge in [-0.3, -0.25) is 9.59 Å². The van der Waals surface area contributed by atoms with Crippen LogP contribution in [0.4, 0.5) is 5.69 Å². The van der Waals surface area contributed by atoms with Gasteiger partial charge >= 0.3 is 0 Å². The molecule has 7 nitrogen and oxygen atoms in total. The summed E-state index contributed by atoms with van der Waals surface area (Å²) in [5.74, 6) is -0.157. The van der Waals surface area contributed by atoms with E-state index < -0.39 is 0 Å². The summed E-state index contributed by atoms with van der Waals surface area (Å²) in [6.07, 6.45) is 1.58. The summed E-state index contributed by atoms with van der Waals surface area (Å²) in [5, 5.41) is 12.1. The second-order valence-electron chi connectivity index (χ2n) is 7.42. The number of amides is 2. The van der Waals surface area contributed by atoms with Crippen molar-refractivity contribution in [1.82, 2.24) is 19.7 Å². The van der Waals surface area contributed by atoms with Crippen molar-refractivity contribution in [3.8, 4) is 0 Å². The summed E-state index contributed by atoms with van der Waals surface area (Å²) in [4.78, 5) is 27.3. The highest BCUT2D eigenvalue weighted by Crippen LogP contribution is 2.24. The van der Waals surface area contributed by atoms with E-state index in [9.17, 15) is 9.59 Å². The van der Waals surface area contributed by atoms with E-state index >= 15 is 0 Å². The molecule has 0 bridgehead atoms. The molecule has 0 saturated carbocycles. The highest BCUT2D eigenvalue weighted by molar-refractivity contribution is 7.99. The Morgan fingerprint density at radius 2 is 1.94 bits per heavy atom. The Morgan fingerprint density at radius 1 is 1.16 bits per heavy atom. The molecule has 1 N–H and O–H groups in total. The van der Waals surface area contributed by atoms with E-state index in [1.54, 1.807) is 52.2 Å². The first-order valence-electron chi connectivity index (χ1n) is 9.86. The number of anilines is 1. The van der Waals surface area contributed by atoms with Gasteiger partial charge in [-0.15, -0.1) is 10.2 Å². The number of nitrogens with zero attached hydrogens (tertiary/aromatic N) is 4. The van der Waals surface area contributed by atoms with Crippen molar-refractivity contribution in [1.29, 1.82) is 0 Å². The van der Waals surface area contributed by atoms with Gasteiger partial charge in [0.15, 0.2) is 5.16 Å². The summed E-state index contributed by atoms with van der Waals surface area (Å²) in [6, 6.07) is 12.2. The Kier molecular flexibility index (Phi) is 8.17. The zero-order valence-electron chi connectivity index (χ0n) is 17.9. The molecule has 0 aliphatic heterocycles. The Labute approximate surface area is 201 Å². The van der Waals surface area contributed by atoms with Crippen molar-refractivity contribution < 1.29 is 9.59 Å². The molecular weight excluding hydrogens is 469 g/mol. The number of halogens is 2. The van der Waals surface area contributed by atoms with Crippen molar-refractivity contribution in [3.05, 3.63) is 70.0 Å². The molecule has 32 heavy (non-hydrogen) atoms. The first kappa shape index (κ1) is 24.1. The molecule has 2 amide bonds. The summed E-state index contributed by atoms with van der Waals surface area (Å²) >= 11 is 13.4. The van der Waals surface area contributed by atoms with Crippen LogP contribution in [0.2, 0.25) is 10.0 Å². The second-order valence-corrected chi connectivity index (χ2v) is 9.17. The van der Waals surface area contributed by atoms with Crippen LogP contribution in [-0.2, 0) is 18.4 Å². The van der Waals surface area contributed by atoms with Crippen LogP contribution in [0.15, 0.2) is 53.9 Å². The van der Waals surface area contributed by atoms with Gasteiger partial charge in [-0.1, -0.05) is 47.1 Å². The SMILES string of the molecule is CC(C)N(Cc1ccc(Cl)c(Cl)c1)C(=O)c1cccc(NC(=O)CSc2nncn2C)c1. The fourth-order valence-corrected chi connectivity index (χ4v) is 3.96. The van der Waals surface area contributed by atoms with Crippen molar-refractivity contribution in [2.75, 3.05) is 11.1 Å². The van der Waals surface area contributed by atoms with Crippen LogP contribution in [0.3, 0.4) is 0 Å². The maximum absolute atomic E-state index is 13.2. The predicted octanol–water partition coefficient (Wildman–Crippen LogP) is 4.90. The second kappa shape index (κ2) is 10.8. The average Bonchev–Trinajstić information content (AvgIpc) is 3.17. The third-order valence-electron chi connectivity index (χ3n) is 4.62. The third-order valence-corrected chi connectivity index (χ3v) is 6.39. The molecule has 0 atom stereocenters. The lowest BCUT2D eigenvalue weighted by atomic mass is 10.1. The largest absolute Gasteiger partial charge is 0.332 e. The summed E-state index contributed by atoms with van der Waals surface area (Å²) in [6.45, 7) is 4.29. The monoisotopic (exact) mass is 491 g/mol. The molecule has 0 saturated heterocycles. The molecule has 0 radical (unpaired) electrons. The minimum Gasteiger partial charge on any atom is -0.332 e. The van der Waals surface area contributed by atoms with Crippen LogP contribution in [-0.4, -0.2) is 43.3 Å². The van der Waals surface area contributed by atoms with Crippen LogP contribution in [0, 0.1) is 0 Å². The Morgan fingerprint density at radius 3 is 2.59 bits per heavy atom. The number of benzene rings is 2. The van der Waals surface area contributed by atoms with Gasteiger partial charge in [0, 0.05) is 30.9 Å². The van der Waals surface area contributed by atoms with Gasteiger partial charge in [0.25, 0.3) is 5.91 Å². The van der Waals surface area contributed by atoms with E-state index in [4.69, 9.17) is 23.2 Å². The Bertz CT molecular complexity index is 1120. The number of carbonyl (C=O) groups excluding carboxylic acids is 2. The Hall–Kier alpha value is -2.55. The molecule has 0 aliphatic rings. The predicted molar refractivity (Wildman–Crippen MR) is 128 cm³/mol. The van der Waals surface area contributed by atoms with E-state index in [-0.39, 0.29) is 23.6 Å². The van der Waals surface area contributed by atoms with Crippen LogP contribution in [0.25, 0.3) is 0 Å². The molecule has 1 heterocycles. The van der Waals surface area contributed by atoms with Crippen LogP contribution in [0.1, 0.15) is 29.8 Å². The van der Waals surface area contributed by atoms with E-state index in [2.05, 4.69) is 15.5 Å². The maximum atomic E-state index is 13.2. The van der Waals surface area contributed by atoms with Gasteiger partial charge in [0.1, 0.15) is 6.33 Å². The molecule has 0 aliphatic carbocycles. The molecule has 1 aromatic heterocycles. The van der Waals surface area contributed by atoms with E-state index in [1.165, 1.54) is 11.8 Å². The van der Waals surface area contributed by atoms with Crippen molar-refractivity contribution >= 4 is 52.5 Å². The number of aryl methyl sites for hydroxylation is 1. The number of nitrogens with one attached hydrogen (secondary N) is 1. The molecule has 10 heteroatoms. The molecule has 0 fully saturated rings. The molecule has 0 unspecified atom stereocenters. The van der Waals surface area contributed by atoms with Gasteiger partial charge in [-0.25, -0.2) is 0 Å². The molecule has 0 spiro atoms. The van der Waals surface area contributed by atoms with E-state index in [1.807, 2.05) is 27.0 Å². The highest BCUT2D eigenvalue weighted by atomic mass is 35.5. The van der Waals surface area contributed by atoms with Crippen LogP contribution < -0.4 is 5.32 Å². The van der Waals surface area contributed by atoms with Crippen molar-refractivity contribution in [2.24, 2.45) is 7.05 Å². The van der Waals surface area contributed by atoms with Gasteiger partial charge in [0.2, 0.25) is 5.91 Å². The Balaban J connectivity index is 1.68. The lowest BCUT2D eigenvalue weighted by molar-refractivity contribution is -0.113. The van der Waals surface area contributed by atoms with Gasteiger partial charge < -0.3 is 14.8 Å². The lowest BCUT2D eigenvalue weighted by Crippen LogP contribution is -2.36. The van der Waals surface area contributed by atoms with Crippen LogP contribution in [0.5, 0.6) is 0 Å². The molecule has 3 aromatic rings. The smallest absolute Gasteiger partial charge is 0.254 e. The zero-order chi connectivity index (χ0) is 23.3.